The maximum atomic E-state index is 12.1. The zero-order valence-corrected chi connectivity index (χ0v) is 14.0. The minimum atomic E-state index is -0.702. The van der Waals surface area contributed by atoms with E-state index in [4.69, 9.17) is 16.3 Å². The van der Waals surface area contributed by atoms with Crippen LogP contribution in [0.5, 0.6) is 0 Å². The zero-order valence-electron chi connectivity index (χ0n) is 13.3. The van der Waals surface area contributed by atoms with Crippen LogP contribution >= 0.6 is 11.6 Å². The Hall–Kier alpha value is -2.28. The third-order valence-corrected chi connectivity index (χ3v) is 3.97. The number of halogens is 1. The number of hydrogen-bond donors (Lipinski definition) is 1. The predicted octanol–water partition coefficient (Wildman–Crippen LogP) is 1.73. The molecule has 0 radical (unpaired) electrons. The van der Waals surface area contributed by atoms with Crippen molar-refractivity contribution in [1.82, 2.24) is 10.2 Å². The first-order valence-electron chi connectivity index (χ1n) is 7.53. The minimum absolute atomic E-state index is 0.0751. The zero-order chi connectivity index (χ0) is 17.5. The first-order chi connectivity index (χ1) is 11.5. The largest absolute Gasteiger partial charge is 0.467 e. The normalized spacial score (nSPS) is 16.6. The molecule has 1 unspecified atom stereocenters. The van der Waals surface area contributed by atoms with E-state index in [1.54, 1.807) is 24.3 Å². The number of rotatable bonds is 5. The van der Waals surface area contributed by atoms with Crippen molar-refractivity contribution < 1.29 is 23.9 Å². The van der Waals surface area contributed by atoms with Crippen molar-refractivity contribution in [3.8, 4) is 0 Å². The van der Waals surface area contributed by atoms with Gasteiger partial charge in [0.25, 0.3) is 0 Å². The van der Waals surface area contributed by atoms with Gasteiger partial charge >= 0.3 is 12.1 Å². The van der Waals surface area contributed by atoms with Gasteiger partial charge in [-0.1, -0.05) is 23.7 Å². The standard InChI is InChI=1S/C16H19ClN2O5/c1-23-15(21)13-3-2-8-19(13)14(20)9-18-16(22)24-10-11-4-6-12(17)7-5-11/h4-7,13H,2-3,8-10H2,1H3,(H,18,22). The second-order valence-electron chi connectivity index (χ2n) is 5.32. The number of methoxy groups -OCH3 is 1. The number of carbonyl (C=O) groups is 3. The van der Waals surface area contributed by atoms with Crippen LogP contribution in [0.4, 0.5) is 4.79 Å². The third-order valence-electron chi connectivity index (χ3n) is 3.71. The molecule has 2 amide bonds. The van der Waals surface area contributed by atoms with E-state index in [1.807, 2.05) is 0 Å². The van der Waals surface area contributed by atoms with Gasteiger partial charge in [0, 0.05) is 11.6 Å². The molecule has 1 atom stereocenters. The molecule has 0 aromatic heterocycles. The molecule has 1 aliphatic rings. The van der Waals surface area contributed by atoms with Gasteiger partial charge in [0.2, 0.25) is 5.91 Å². The van der Waals surface area contributed by atoms with Crippen molar-refractivity contribution in [3.05, 3.63) is 34.9 Å². The number of ether oxygens (including phenoxy) is 2. The number of esters is 1. The van der Waals surface area contributed by atoms with Crippen LogP contribution in [0.25, 0.3) is 0 Å². The van der Waals surface area contributed by atoms with Crippen molar-refractivity contribution in [1.29, 1.82) is 0 Å². The Morgan fingerprint density at radius 2 is 2.00 bits per heavy atom. The van der Waals surface area contributed by atoms with E-state index < -0.39 is 18.1 Å². The SMILES string of the molecule is COC(=O)C1CCCN1C(=O)CNC(=O)OCc1ccc(Cl)cc1. The van der Waals surface area contributed by atoms with Crippen molar-refractivity contribution >= 4 is 29.6 Å². The van der Waals surface area contributed by atoms with Crippen LogP contribution in [0.1, 0.15) is 18.4 Å². The molecule has 1 heterocycles. The van der Waals surface area contributed by atoms with Crippen molar-refractivity contribution in [3.63, 3.8) is 0 Å². The fourth-order valence-corrected chi connectivity index (χ4v) is 2.60. The van der Waals surface area contributed by atoms with Gasteiger partial charge in [-0.25, -0.2) is 9.59 Å². The van der Waals surface area contributed by atoms with Crippen molar-refractivity contribution in [2.24, 2.45) is 0 Å². The lowest BCUT2D eigenvalue weighted by molar-refractivity contribution is -0.150. The molecule has 2 rings (SSSR count). The Kier molecular flexibility index (Phi) is 6.43. The lowest BCUT2D eigenvalue weighted by Gasteiger charge is -2.22. The van der Waals surface area contributed by atoms with Crippen molar-refractivity contribution in [2.75, 3.05) is 20.2 Å². The first kappa shape index (κ1) is 18.1. The van der Waals surface area contributed by atoms with Crippen LogP contribution in [-0.2, 0) is 25.7 Å². The summed E-state index contributed by atoms with van der Waals surface area (Å²) in [5.74, 6) is -0.780. The summed E-state index contributed by atoms with van der Waals surface area (Å²) in [7, 11) is 1.29. The maximum Gasteiger partial charge on any atom is 0.407 e. The van der Waals surface area contributed by atoms with Gasteiger partial charge in [-0.15, -0.1) is 0 Å². The number of alkyl carbamates (subject to hydrolysis) is 1. The van der Waals surface area contributed by atoms with Gasteiger partial charge < -0.3 is 19.7 Å². The third kappa shape index (κ3) is 4.86. The van der Waals surface area contributed by atoms with Crippen LogP contribution in [0, 0.1) is 0 Å². The highest BCUT2D eigenvalue weighted by Gasteiger charge is 2.34. The quantitative estimate of drug-likeness (QED) is 0.814. The van der Waals surface area contributed by atoms with Gasteiger partial charge in [0.1, 0.15) is 19.2 Å². The minimum Gasteiger partial charge on any atom is -0.467 e. The van der Waals surface area contributed by atoms with Crippen LogP contribution < -0.4 is 5.32 Å². The summed E-state index contributed by atoms with van der Waals surface area (Å²) in [5, 5.41) is 2.98. The lowest BCUT2D eigenvalue weighted by atomic mass is 10.2. The molecule has 1 saturated heterocycles. The number of hydrogen-bond acceptors (Lipinski definition) is 5. The highest BCUT2D eigenvalue weighted by atomic mass is 35.5. The predicted molar refractivity (Wildman–Crippen MR) is 86.4 cm³/mol. The van der Waals surface area contributed by atoms with E-state index in [0.29, 0.717) is 18.0 Å². The highest BCUT2D eigenvalue weighted by Crippen LogP contribution is 2.18. The molecule has 0 spiro atoms. The molecular formula is C16H19ClN2O5. The summed E-state index contributed by atoms with van der Waals surface area (Å²) in [4.78, 5) is 36.8. The Labute approximate surface area is 144 Å². The molecule has 1 aromatic carbocycles. The smallest absolute Gasteiger partial charge is 0.407 e. The van der Waals surface area contributed by atoms with Crippen LogP contribution in [0.3, 0.4) is 0 Å². The molecule has 0 bridgehead atoms. The Morgan fingerprint density at radius 1 is 1.29 bits per heavy atom. The second kappa shape index (κ2) is 8.54. The summed E-state index contributed by atoms with van der Waals surface area (Å²) in [5.41, 5.74) is 0.783. The average molecular weight is 355 g/mol. The number of benzene rings is 1. The van der Waals surface area contributed by atoms with Crippen LogP contribution in [0.15, 0.2) is 24.3 Å². The summed E-state index contributed by atoms with van der Waals surface area (Å²) < 4.78 is 9.70. The molecule has 1 fully saturated rings. The van der Waals surface area contributed by atoms with Gasteiger partial charge in [-0.05, 0) is 30.5 Å². The van der Waals surface area contributed by atoms with Crippen molar-refractivity contribution in [2.45, 2.75) is 25.5 Å². The van der Waals surface area contributed by atoms with E-state index in [0.717, 1.165) is 12.0 Å². The molecule has 7 nitrogen and oxygen atoms in total. The number of amides is 2. The Balaban J connectivity index is 1.75. The monoisotopic (exact) mass is 354 g/mol. The average Bonchev–Trinajstić information content (AvgIpc) is 3.08. The first-order valence-corrected chi connectivity index (χ1v) is 7.91. The van der Waals surface area contributed by atoms with Gasteiger partial charge in [0.05, 0.1) is 7.11 Å². The number of nitrogens with zero attached hydrogens (tertiary/aromatic N) is 1. The molecule has 1 aromatic rings. The summed E-state index contributed by atoms with van der Waals surface area (Å²) in [6, 6.07) is 6.30. The van der Waals surface area contributed by atoms with Gasteiger partial charge in [-0.3, -0.25) is 4.79 Å². The highest BCUT2D eigenvalue weighted by molar-refractivity contribution is 6.30. The topological polar surface area (TPSA) is 84.9 Å². The fraction of sp³-hybridized carbons (Fsp3) is 0.438. The second-order valence-corrected chi connectivity index (χ2v) is 5.76. The Bertz CT molecular complexity index is 605. The fourth-order valence-electron chi connectivity index (χ4n) is 2.48. The molecular weight excluding hydrogens is 336 g/mol. The van der Waals surface area contributed by atoms with E-state index in [9.17, 15) is 14.4 Å². The Morgan fingerprint density at radius 3 is 2.67 bits per heavy atom. The van der Waals surface area contributed by atoms with Gasteiger partial charge in [-0.2, -0.15) is 0 Å². The van der Waals surface area contributed by atoms with Crippen LogP contribution in [-0.4, -0.2) is 49.1 Å². The van der Waals surface area contributed by atoms with E-state index in [2.05, 4.69) is 10.1 Å². The summed E-state index contributed by atoms with van der Waals surface area (Å²) in [6.45, 7) is 0.318. The number of carbonyl (C=O) groups excluding carboxylic acids is 3. The maximum absolute atomic E-state index is 12.1. The lowest BCUT2D eigenvalue weighted by Crippen LogP contribution is -2.45. The molecule has 130 valence electrons. The summed E-state index contributed by atoms with van der Waals surface area (Å²) >= 11 is 5.77. The number of likely N-dealkylation sites (tertiary alicyclic amines) is 1. The number of nitrogens with one attached hydrogen (secondary N) is 1. The van der Waals surface area contributed by atoms with E-state index in [1.165, 1.54) is 12.0 Å². The molecule has 1 aliphatic heterocycles. The van der Waals surface area contributed by atoms with Crippen LogP contribution in [0.2, 0.25) is 5.02 Å². The molecule has 8 heteroatoms. The summed E-state index contributed by atoms with van der Waals surface area (Å²) in [6.07, 6.45) is 0.596. The van der Waals surface area contributed by atoms with E-state index in [-0.39, 0.29) is 19.1 Å². The molecule has 24 heavy (non-hydrogen) atoms. The molecule has 0 saturated carbocycles. The molecule has 1 N–H and O–H groups in total. The van der Waals surface area contributed by atoms with Gasteiger partial charge in [0.15, 0.2) is 0 Å². The molecule has 0 aliphatic carbocycles. The van der Waals surface area contributed by atoms with E-state index >= 15 is 0 Å².